The van der Waals surface area contributed by atoms with Gasteiger partial charge in [-0.1, -0.05) is 11.6 Å². The maximum Gasteiger partial charge on any atom is 0.156 e. The molecule has 1 aliphatic heterocycles. The van der Waals surface area contributed by atoms with Crippen molar-refractivity contribution in [2.24, 2.45) is 0 Å². The van der Waals surface area contributed by atoms with E-state index in [1.54, 1.807) is 11.8 Å². The summed E-state index contributed by atoms with van der Waals surface area (Å²) in [6.45, 7) is 4.14. The molecule has 3 aromatic rings. The van der Waals surface area contributed by atoms with Gasteiger partial charge in [0.25, 0.3) is 0 Å². The van der Waals surface area contributed by atoms with E-state index in [0.717, 1.165) is 46.5 Å². The number of anilines is 1. The van der Waals surface area contributed by atoms with E-state index in [2.05, 4.69) is 33.1 Å². The highest BCUT2D eigenvalue weighted by Gasteiger charge is 2.18. The second kappa shape index (κ2) is 7.26. The number of hydrogen-bond donors (Lipinski definition) is 1. The quantitative estimate of drug-likeness (QED) is 0.639. The number of benzene rings is 1. The van der Waals surface area contributed by atoms with E-state index in [1.165, 1.54) is 29.9 Å². The molecule has 4 rings (SSSR count). The molecule has 0 unspecified atom stereocenters. The fourth-order valence-corrected chi connectivity index (χ4v) is 4.20. The van der Waals surface area contributed by atoms with Gasteiger partial charge in [-0.3, -0.25) is 0 Å². The third-order valence-corrected chi connectivity index (χ3v) is 5.80. The average molecular weight is 373 g/mol. The first-order valence-corrected chi connectivity index (χ1v) is 10.0. The second-order valence-corrected chi connectivity index (χ2v) is 7.92. The molecule has 4 nitrogen and oxygen atoms in total. The van der Waals surface area contributed by atoms with Crippen molar-refractivity contribution in [3.63, 3.8) is 0 Å². The minimum absolute atomic E-state index is 0.770. The standard InChI is InChI=1S/C19H21ClN4S/c1-13-21-17-11-15(12-25-16-7-5-14(20)6-8-16)23-18(17)19(22-13)24-9-3-2-4-10-24/h5-8,11,23H,2-4,9-10,12H2,1H3. The lowest BCUT2D eigenvalue weighted by molar-refractivity contribution is 0.574. The first-order valence-electron chi connectivity index (χ1n) is 8.68. The van der Waals surface area contributed by atoms with Crippen molar-refractivity contribution < 1.29 is 0 Å². The molecular formula is C19H21ClN4S. The lowest BCUT2D eigenvalue weighted by Gasteiger charge is -2.28. The number of fused-ring (bicyclic) bond motifs is 1. The summed E-state index contributed by atoms with van der Waals surface area (Å²) in [5.41, 5.74) is 3.26. The smallest absolute Gasteiger partial charge is 0.156 e. The van der Waals surface area contributed by atoms with E-state index in [0.29, 0.717) is 0 Å². The Hall–Kier alpha value is -1.72. The van der Waals surface area contributed by atoms with Crippen molar-refractivity contribution in [2.45, 2.75) is 36.8 Å². The van der Waals surface area contributed by atoms with Crippen LogP contribution in [0.15, 0.2) is 35.2 Å². The summed E-state index contributed by atoms with van der Waals surface area (Å²) in [7, 11) is 0. The molecule has 1 N–H and O–H groups in total. The zero-order valence-electron chi connectivity index (χ0n) is 14.3. The van der Waals surface area contributed by atoms with Crippen LogP contribution >= 0.6 is 23.4 Å². The van der Waals surface area contributed by atoms with E-state index in [4.69, 9.17) is 16.6 Å². The number of H-pyrrole nitrogens is 1. The molecule has 0 bridgehead atoms. The van der Waals surface area contributed by atoms with Crippen LogP contribution in [0.5, 0.6) is 0 Å². The topological polar surface area (TPSA) is 44.8 Å². The summed E-state index contributed by atoms with van der Waals surface area (Å²) < 4.78 is 0. The van der Waals surface area contributed by atoms with Crippen molar-refractivity contribution in [3.05, 3.63) is 46.9 Å². The Labute approximate surface area is 157 Å². The van der Waals surface area contributed by atoms with Gasteiger partial charge in [0.2, 0.25) is 0 Å². The molecule has 1 fully saturated rings. The molecule has 0 spiro atoms. The molecule has 1 saturated heterocycles. The molecule has 0 saturated carbocycles. The predicted octanol–water partition coefficient (Wildman–Crippen LogP) is 5.20. The van der Waals surface area contributed by atoms with Gasteiger partial charge in [0.05, 0.1) is 5.52 Å². The van der Waals surface area contributed by atoms with Gasteiger partial charge in [0.15, 0.2) is 5.82 Å². The maximum atomic E-state index is 5.95. The van der Waals surface area contributed by atoms with Crippen LogP contribution in [0.25, 0.3) is 11.0 Å². The number of nitrogens with one attached hydrogen (secondary N) is 1. The number of rotatable bonds is 4. The molecule has 0 aliphatic carbocycles. The van der Waals surface area contributed by atoms with Crippen molar-refractivity contribution in [2.75, 3.05) is 18.0 Å². The van der Waals surface area contributed by atoms with Gasteiger partial charge in [-0.25, -0.2) is 9.97 Å². The summed E-state index contributed by atoms with van der Waals surface area (Å²) in [5, 5.41) is 0.770. The van der Waals surface area contributed by atoms with Crippen LogP contribution in [0.2, 0.25) is 5.02 Å². The summed E-state index contributed by atoms with van der Waals surface area (Å²) >= 11 is 7.74. The second-order valence-electron chi connectivity index (χ2n) is 6.44. The summed E-state index contributed by atoms with van der Waals surface area (Å²) in [6, 6.07) is 10.1. The lowest BCUT2D eigenvalue weighted by atomic mass is 10.1. The number of halogens is 1. The zero-order chi connectivity index (χ0) is 17.2. The van der Waals surface area contributed by atoms with Crippen molar-refractivity contribution in [3.8, 4) is 0 Å². The van der Waals surface area contributed by atoms with Gasteiger partial charge in [-0.05, 0) is 56.5 Å². The van der Waals surface area contributed by atoms with E-state index in [-0.39, 0.29) is 0 Å². The first-order chi connectivity index (χ1) is 12.2. The Morgan fingerprint density at radius 2 is 1.88 bits per heavy atom. The van der Waals surface area contributed by atoms with Gasteiger partial charge in [0.1, 0.15) is 11.3 Å². The highest BCUT2D eigenvalue weighted by molar-refractivity contribution is 7.98. The Morgan fingerprint density at radius 3 is 2.64 bits per heavy atom. The molecule has 1 aromatic carbocycles. The number of thioether (sulfide) groups is 1. The number of aryl methyl sites for hydroxylation is 1. The van der Waals surface area contributed by atoms with Gasteiger partial charge in [-0.15, -0.1) is 11.8 Å². The van der Waals surface area contributed by atoms with Crippen LogP contribution in [-0.2, 0) is 5.75 Å². The molecule has 130 valence electrons. The fraction of sp³-hybridized carbons (Fsp3) is 0.368. The largest absolute Gasteiger partial charge is 0.355 e. The van der Waals surface area contributed by atoms with Crippen LogP contribution in [-0.4, -0.2) is 28.0 Å². The minimum Gasteiger partial charge on any atom is -0.355 e. The highest BCUT2D eigenvalue weighted by Crippen LogP contribution is 2.29. The average Bonchev–Trinajstić information content (AvgIpc) is 3.04. The predicted molar refractivity (Wildman–Crippen MR) is 106 cm³/mol. The normalized spacial score (nSPS) is 15.0. The summed E-state index contributed by atoms with van der Waals surface area (Å²) in [4.78, 5) is 16.5. The van der Waals surface area contributed by atoms with E-state index in [1.807, 2.05) is 19.1 Å². The van der Waals surface area contributed by atoms with E-state index < -0.39 is 0 Å². The van der Waals surface area contributed by atoms with Gasteiger partial charge in [0, 0.05) is 34.5 Å². The Balaban J connectivity index is 1.59. The molecule has 0 atom stereocenters. The minimum atomic E-state index is 0.770. The van der Waals surface area contributed by atoms with Crippen molar-refractivity contribution in [1.29, 1.82) is 0 Å². The Kier molecular flexibility index (Phi) is 4.86. The number of aromatic nitrogens is 3. The lowest BCUT2D eigenvalue weighted by Crippen LogP contribution is -2.30. The molecule has 1 aliphatic rings. The molecule has 6 heteroatoms. The van der Waals surface area contributed by atoms with Crippen molar-refractivity contribution in [1.82, 2.24) is 15.0 Å². The Bertz CT molecular complexity index is 869. The number of hydrogen-bond acceptors (Lipinski definition) is 4. The van der Waals surface area contributed by atoms with E-state index in [9.17, 15) is 0 Å². The monoisotopic (exact) mass is 372 g/mol. The molecule has 3 heterocycles. The highest BCUT2D eigenvalue weighted by atomic mass is 35.5. The molecule has 0 radical (unpaired) electrons. The first kappa shape index (κ1) is 16.7. The molecule has 25 heavy (non-hydrogen) atoms. The van der Waals surface area contributed by atoms with Gasteiger partial charge in [-0.2, -0.15) is 0 Å². The number of nitrogens with zero attached hydrogens (tertiary/aromatic N) is 3. The number of piperidine rings is 1. The SMILES string of the molecule is Cc1nc(N2CCCCC2)c2[nH]c(CSc3ccc(Cl)cc3)cc2n1. The fourth-order valence-electron chi connectivity index (χ4n) is 3.27. The van der Waals surface area contributed by atoms with Crippen LogP contribution in [0.1, 0.15) is 30.8 Å². The molecular weight excluding hydrogens is 352 g/mol. The third-order valence-electron chi connectivity index (χ3n) is 4.49. The van der Waals surface area contributed by atoms with Crippen molar-refractivity contribution >= 4 is 40.2 Å². The molecule has 0 amide bonds. The summed E-state index contributed by atoms with van der Waals surface area (Å²) in [5.74, 6) is 2.77. The van der Waals surface area contributed by atoms with Crippen LogP contribution < -0.4 is 4.90 Å². The van der Waals surface area contributed by atoms with E-state index >= 15 is 0 Å². The Morgan fingerprint density at radius 1 is 1.12 bits per heavy atom. The number of aromatic amines is 1. The third kappa shape index (κ3) is 3.77. The molecule has 2 aromatic heterocycles. The van der Waals surface area contributed by atoms with Gasteiger partial charge < -0.3 is 9.88 Å². The van der Waals surface area contributed by atoms with Crippen LogP contribution in [0.4, 0.5) is 5.82 Å². The van der Waals surface area contributed by atoms with Crippen LogP contribution in [0.3, 0.4) is 0 Å². The van der Waals surface area contributed by atoms with Gasteiger partial charge >= 0.3 is 0 Å². The zero-order valence-corrected chi connectivity index (χ0v) is 15.8. The maximum absolute atomic E-state index is 5.95. The van der Waals surface area contributed by atoms with Crippen LogP contribution in [0, 0.1) is 6.92 Å². The summed E-state index contributed by atoms with van der Waals surface area (Å²) in [6.07, 6.45) is 3.80.